The van der Waals surface area contributed by atoms with Crippen LogP contribution in [-0.4, -0.2) is 23.3 Å². The zero-order valence-electron chi connectivity index (χ0n) is 8.59. The summed E-state index contributed by atoms with van der Waals surface area (Å²) in [4.78, 5) is 10.9. The number of hydrogen-bond acceptors (Lipinski definition) is 3. The molecule has 1 aromatic rings. The molecule has 1 rings (SSSR count). The van der Waals surface area contributed by atoms with Crippen molar-refractivity contribution in [3.8, 4) is 11.5 Å². The lowest BCUT2D eigenvalue weighted by molar-refractivity contribution is 0.0692. The Morgan fingerprint density at radius 3 is 2.27 bits per heavy atom. The first kappa shape index (κ1) is 11.8. The van der Waals surface area contributed by atoms with Crippen LogP contribution >= 0.6 is 15.9 Å². The summed E-state index contributed by atoms with van der Waals surface area (Å²) in [6.07, 6.45) is 0. The number of phenols is 1. The van der Waals surface area contributed by atoms with Crippen LogP contribution in [0.25, 0.3) is 0 Å². The van der Waals surface area contributed by atoms with E-state index in [1.807, 2.05) is 0 Å². The number of hydrogen-bond donors (Lipinski definition) is 2. The third-order valence-corrected chi connectivity index (χ3v) is 3.43. The SMILES string of the molecule is COc1c(C)c(Br)c(C)c(C(=O)O)c1O. The molecular formula is C10H11BrO4. The molecule has 0 radical (unpaired) electrons. The molecular weight excluding hydrogens is 264 g/mol. The maximum absolute atomic E-state index is 10.9. The molecule has 0 atom stereocenters. The molecule has 0 aromatic heterocycles. The highest BCUT2D eigenvalue weighted by Gasteiger charge is 2.22. The van der Waals surface area contributed by atoms with Crippen LogP contribution in [0.5, 0.6) is 11.5 Å². The molecule has 0 aliphatic rings. The van der Waals surface area contributed by atoms with E-state index in [1.165, 1.54) is 7.11 Å². The van der Waals surface area contributed by atoms with Gasteiger partial charge >= 0.3 is 5.97 Å². The van der Waals surface area contributed by atoms with E-state index in [2.05, 4.69) is 15.9 Å². The van der Waals surface area contributed by atoms with Crippen molar-refractivity contribution in [2.75, 3.05) is 7.11 Å². The van der Waals surface area contributed by atoms with Gasteiger partial charge in [-0.3, -0.25) is 0 Å². The molecule has 0 aliphatic heterocycles. The molecule has 5 heteroatoms. The smallest absolute Gasteiger partial charge is 0.339 e. The van der Waals surface area contributed by atoms with E-state index in [-0.39, 0.29) is 17.1 Å². The van der Waals surface area contributed by atoms with Gasteiger partial charge in [-0.1, -0.05) is 15.9 Å². The summed E-state index contributed by atoms with van der Waals surface area (Å²) in [6.45, 7) is 3.36. The molecule has 82 valence electrons. The number of carbonyl (C=O) groups is 1. The molecule has 0 amide bonds. The first-order chi connectivity index (χ1) is 6.91. The van der Waals surface area contributed by atoms with Crippen molar-refractivity contribution in [1.29, 1.82) is 0 Å². The van der Waals surface area contributed by atoms with Crippen LogP contribution < -0.4 is 4.74 Å². The number of aromatic hydroxyl groups is 1. The van der Waals surface area contributed by atoms with Gasteiger partial charge in [-0.15, -0.1) is 0 Å². The number of methoxy groups -OCH3 is 1. The summed E-state index contributed by atoms with van der Waals surface area (Å²) in [7, 11) is 1.38. The van der Waals surface area contributed by atoms with E-state index in [0.717, 1.165) is 0 Å². The highest BCUT2D eigenvalue weighted by atomic mass is 79.9. The van der Waals surface area contributed by atoms with E-state index < -0.39 is 5.97 Å². The van der Waals surface area contributed by atoms with Gasteiger partial charge in [-0.2, -0.15) is 0 Å². The number of benzene rings is 1. The average Bonchev–Trinajstić information content (AvgIpc) is 2.15. The number of carboxylic acid groups (broad SMARTS) is 1. The quantitative estimate of drug-likeness (QED) is 0.870. The topological polar surface area (TPSA) is 66.8 Å². The average molecular weight is 275 g/mol. The molecule has 0 saturated carbocycles. The summed E-state index contributed by atoms with van der Waals surface area (Å²) in [5.74, 6) is -1.32. The molecule has 0 fully saturated rings. The largest absolute Gasteiger partial charge is 0.504 e. The van der Waals surface area contributed by atoms with Gasteiger partial charge in [0.2, 0.25) is 0 Å². The Balaban J connectivity index is 3.68. The zero-order valence-corrected chi connectivity index (χ0v) is 10.2. The molecule has 1 aromatic carbocycles. The minimum Gasteiger partial charge on any atom is -0.504 e. The van der Waals surface area contributed by atoms with Crippen molar-refractivity contribution in [3.05, 3.63) is 21.2 Å². The van der Waals surface area contributed by atoms with Crippen LogP contribution in [0.2, 0.25) is 0 Å². The summed E-state index contributed by atoms with van der Waals surface area (Å²) < 4.78 is 5.59. The van der Waals surface area contributed by atoms with Crippen LogP contribution in [0.15, 0.2) is 4.47 Å². The Morgan fingerprint density at radius 1 is 1.33 bits per heavy atom. The lowest BCUT2D eigenvalue weighted by Gasteiger charge is -2.14. The molecule has 0 spiro atoms. The number of rotatable bonds is 2. The molecule has 0 bridgehead atoms. The maximum atomic E-state index is 10.9. The van der Waals surface area contributed by atoms with Crippen molar-refractivity contribution >= 4 is 21.9 Å². The second-order valence-corrected chi connectivity index (χ2v) is 3.92. The van der Waals surface area contributed by atoms with Gasteiger partial charge in [0.05, 0.1) is 7.11 Å². The van der Waals surface area contributed by atoms with Gasteiger partial charge < -0.3 is 14.9 Å². The van der Waals surface area contributed by atoms with Crippen molar-refractivity contribution < 1.29 is 19.7 Å². The minimum atomic E-state index is -1.18. The number of aromatic carboxylic acids is 1. The van der Waals surface area contributed by atoms with E-state index in [1.54, 1.807) is 13.8 Å². The number of ether oxygens (including phenoxy) is 1. The van der Waals surface area contributed by atoms with Gasteiger partial charge in [0.15, 0.2) is 11.5 Å². The van der Waals surface area contributed by atoms with Crippen LogP contribution in [0.1, 0.15) is 21.5 Å². The predicted molar refractivity (Wildman–Crippen MR) is 58.8 cm³/mol. The van der Waals surface area contributed by atoms with Crippen molar-refractivity contribution in [2.45, 2.75) is 13.8 Å². The van der Waals surface area contributed by atoms with Crippen molar-refractivity contribution in [1.82, 2.24) is 0 Å². The minimum absolute atomic E-state index is 0.135. The van der Waals surface area contributed by atoms with E-state index in [9.17, 15) is 9.90 Å². The number of carboxylic acids is 1. The van der Waals surface area contributed by atoms with Crippen LogP contribution in [0.4, 0.5) is 0 Å². The van der Waals surface area contributed by atoms with Crippen molar-refractivity contribution in [3.63, 3.8) is 0 Å². The van der Waals surface area contributed by atoms with Crippen LogP contribution in [0, 0.1) is 13.8 Å². The molecule has 0 unspecified atom stereocenters. The highest BCUT2D eigenvalue weighted by molar-refractivity contribution is 9.10. The molecule has 4 nitrogen and oxygen atoms in total. The van der Waals surface area contributed by atoms with E-state index in [4.69, 9.17) is 9.84 Å². The van der Waals surface area contributed by atoms with Gasteiger partial charge in [-0.25, -0.2) is 4.79 Å². The maximum Gasteiger partial charge on any atom is 0.339 e. The molecule has 0 aliphatic carbocycles. The zero-order chi connectivity index (χ0) is 11.7. The Kier molecular flexibility index (Phi) is 3.24. The van der Waals surface area contributed by atoms with Gasteiger partial charge in [-0.05, 0) is 19.4 Å². The molecule has 15 heavy (non-hydrogen) atoms. The monoisotopic (exact) mass is 274 g/mol. The normalized spacial score (nSPS) is 10.1. The Hall–Kier alpha value is -1.23. The first-order valence-corrected chi connectivity index (χ1v) is 5.00. The number of halogens is 1. The van der Waals surface area contributed by atoms with E-state index >= 15 is 0 Å². The van der Waals surface area contributed by atoms with Gasteiger partial charge in [0.1, 0.15) is 5.56 Å². The lowest BCUT2D eigenvalue weighted by Crippen LogP contribution is -2.04. The highest BCUT2D eigenvalue weighted by Crippen LogP contribution is 2.40. The summed E-state index contributed by atoms with van der Waals surface area (Å²) in [6, 6.07) is 0. The van der Waals surface area contributed by atoms with Gasteiger partial charge in [0, 0.05) is 10.0 Å². The standard InChI is InChI=1S/C10H11BrO4/c1-4-6(10(13)14)8(12)9(15-3)5(2)7(4)11/h12H,1-3H3,(H,13,14). The Bertz CT molecular complexity index is 426. The summed E-state index contributed by atoms with van der Waals surface area (Å²) >= 11 is 3.27. The summed E-state index contributed by atoms with van der Waals surface area (Å²) in [5.41, 5.74) is 1.03. The Labute approximate surface area is 95.6 Å². The van der Waals surface area contributed by atoms with Crippen LogP contribution in [-0.2, 0) is 0 Å². The third kappa shape index (κ3) is 1.79. The fourth-order valence-electron chi connectivity index (χ4n) is 1.47. The second-order valence-electron chi connectivity index (χ2n) is 3.13. The molecule has 2 N–H and O–H groups in total. The summed E-state index contributed by atoms with van der Waals surface area (Å²) in [5, 5.41) is 18.7. The Morgan fingerprint density at radius 2 is 1.87 bits per heavy atom. The lowest BCUT2D eigenvalue weighted by atomic mass is 10.0. The third-order valence-electron chi connectivity index (χ3n) is 2.24. The second kappa shape index (κ2) is 4.10. The van der Waals surface area contributed by atoms with Crippen molar-refractivity contribution in [2.24, 2.45) is 0 Å². The van der Waals surface area contributed by atoms with E-state index in [0.29, 0.717) is 15.6 Å². The fourth-order valence-corrected chi connectivity index (χ4v) is 1.85. The predicted octanol–water partition coefficient (Wildman–Crippen LogP) is 2.48. The van der Waals surface area contributed by atoms with Gasteiger partial charge in [0.25, 0.3) is 0 Å². The van der Waals surface area contributed by atoms with Crippen LogP contribution in [0.3, 0.4) is 0 Å². The molecule has 0 heterocycles. The fraction of sp³-hybridized carbons (Fsp3) is 0.300. The first-order valence-electron chi connectivity index (χ1n) is 4.20. The molecule has 0 saturated heterocycles.